The molecule has 1 amide bonds. The highest BCUT2D eigenvalue weighted by Crippen LogP contribution is 2.06. The fourth-order valence-electron chi connectivity index (χ4n) is 0.633. The molecule has 3 nitrogen and oxygen atoms in total. The van der Waals surface area contributed by atoms with E-state index in [-0.39, 0.29) is 0 Å². The Morgan fingerprint density at radius 1 is 1.60 bits per heavy atom. The van der Waals surface area contributed by atoms with Gasteiger partial charge in [0.1, 0.15) is 0 Å². The Kier molecular flexibility index (Phi) is 2.60. The molecule has 0 rings (SSSR count). The highest BCUT2D eigenvalue weighted by atomic mass is 16.3. The number of amides is 1. The number of allylic oxidation sites excluding steroid dienone is 1. The van der Waals surface area contributed by atoms with Crippen LogP contribution in [-0.4, -0.2) is 16.6 Å². The molecule has 1 unspecified atom stereocenters. The fraction of sp³-hybridized carbons (Fsp3) is 0.571. The molecule has 0 spiro atoms. The van der Waals surface area contributed by atoms with Gasteiger partial charge in [0.25, 0.3) is 5.91 Å². The molecular formula is C7H13NO2. The summed E-state index contributed by atoms with van der Waals surface area (Å²) in [6, 6.07) is 0. The van der Waals surface area contributed by atoms with Gasteiger partial charge in [0.15, 0.2) is 5.60 Å². The van der Waals surface area contributed by atoms with Crippen LogP contribution in [0, 0.1) is 0 Å². The Morgan fingerprint density at radius 3 is 2.10 bits per heavy atom. The quantitative estimate of drug-likeness (QED) is 0.542. The molecule has 10 heavy (non-hydrogen) atoms. The Balaban J connectivity index is 4.42. The number of primary amides is 1. The third-order valence-electron chi connectivity index (χ3n) is 1.07. The van der Waals surface area contributed by atoms with Gasteiger partial charge < -0.3 is 10.8 Å². The zero-order valence-electron chi connectivity index (χ0n) is 6.51. The monoisotopic (exact) mass is 143 g/mol. The molecule has 0 aliphatic heterocycles. The van der Waals surface area contributed by atoms with Gasteiger partial charge in [0, 0.05) is 0 Å². The molecule has 0 saturated heterocycles. The first-order chi connectivity index (χ1) is 4.36. The van der Waals surface area contributed by atoms with E-state index in [1.165, 1.54) is 13.0 Å². The number of carbonyl (C=O) groups is 1. The third kappa shape index (κ3) is 2.64. The number of aliphatic hydroxyl groups is 1. The summed E-state index contributed by atoms with van der Waals surface area (Å²) in [7, 11) is 0. The van der Waals surface area contributed by atoms with Crippen LogP contribution in [0.4, 0.5) is 0 Å². The summed E-state index contributed by atoms with van der Waals surface area (Å²) in [6.45, 7) is 4.94. The van der Waals surface area contributed by atoms with Crippen LogP contribution in [0.1, 0.15) is 20.8 Å². The van der Waals surface area contributed by atoms with Crippen molar-refractivity contribution in [3.05, 3.63) is 11.6 Å². The molecule has 0 aromatic carbocycles. The van der Waals surface area contributed by atoms with Gasteiger partial charge in [-0.3, -0.25) is 4.79 Å². The van der Waals surface area contributed by atoms with Gasteiger partial charge in [-0.1, -0.05) is 5.57 Å². The van der Waals surface area contributed by atoms with E-state index in [4.69, 9.17) is 5.73 Å². The average Bonchev–Trinajstić information content (AvgIpc) is 1.60. The molecule has 0 aromatic heterocycles. The van der Waals surface area contributed by atoms with Crippen molar-refractivity contribution in [3.8, 4) is 0 Å². The molecule has 3 N–H and O–H groups in total. The molecule has 0 aromatic rings. The molecule has 1 atom stereocenters. The molecule has 0 bridgehead atoms. The summed E-state index contributed by atoms with van der Waals surface area (Å²) in [6.07, 6.45) is 1.43. The van der Waals surface area contributed by atoms with Gasteiger partial charge in [-0.15, -0.1) is 0 Å². The largest absolute Gasteiger partial charge is 0.376 e. The maximum atomic E-state index is 10.5. The topological polar surface area (TPSA) is 63.3 Å². The Morgan fingerprint density at radius 2 is 2.00 bits per heavy atom. The minimum Gasteiger partial charge on any atom is -0.376 e. The van der Waals surface area contributed by atoms with Gasteiger partial charge in [-0.2, -0.15) is 0 Å². The first-order valence-corrected chi connectivity index (χ1v) is 3.04. The number of hydrogen-bond acceptors (Lipinski definition) is 2. The summed E-state index contributed by atoms with van der Waals surface area (Å²) in [4.78, 5) is 10.5. The summed E-state index contributed by atoms with van der Waals surface area (Å²) < 4.78 is 0. The van der Waals surface area contributed by atoms with E-state index in [1.54, 1.807) is 13.8 Å². The molecular weight excluding hydrogens is 130 g/mol. The van der Waals surface area contributed by atoms with Crippen LogP contribution in [0.15, 0.2) is 11.6 Å². The van der Waals surface area contributed by atoms with Crippen LogP contribution >= 0.6 is 0 Å². The van der Waals surface area contributed by atoms with E-state index >= 15 is 0 Å². The maximum absolute atomic E-state index is 10.5. The van der Waals surface area contributed by atoms with Gasteiger partial charge in [-0.05, 0) is 26.8 Å². The minimum atomic E-state index is -1.50. The molecule has 0 fully saturated rings. The van der Waals surface area contributed by atoms with Crippen molar-refractivity contribution in [2.24, 2.45) is 5.73 Å². The summed E-state index contributed by atoms with van der Waals surface area (Å²) >= 11 is 0. The van der Waals surface area contributed by atoms with E-state index in [0.717, 1.165) is 5.57 Å². The molecule has 0 radical (unpaired) electrons. The van der Waals surface area contributed by atoms with Gasteiger partial charge >= 0.3 is 0 Å². The second kappa shape index (κ2) is 2.84. The van der Waals surface area contributed by atoms with Gasteiger partial charge in [0.2, 0.25) is 0 Å². The third-order valence-corrected chi connectivity index (χ3v) is 1.07. The summed E-state index contributed by atoms with van der Waals surface area (Å²) in [5.74, 6) is -0.728. The zero-order chi connectivity index (χ0) is 8.36. The maximum Gasteiger partial charge on any atom is 0.253 e. The standard InChI is InChI=1S/C7H13NO2/c1-5(2)4-7(3,10)6(8)9/h4,10H,1-3H3,(H2,8,9). The molecule has 0 heterocycles. The zero-order valence-corrected chi connectivity index (χ0v) is 6.51. The fourth-order valence-corrected chi connectivity index (χ4v) is 0.633. The van der Waals surface area contributed by atoms with E-state index < -0.39 is 11.5 Å². The first-order valence-electron chi connectivity index (χ1n) is 3.04. The summed E-state index contributed by atoms with van der Waals surface area (Å²) in [5, 5.41) is 9.21. The Labute approximate surface area is 60.5 Å². The van der Waals surface area contributed by atoms with Crippen molar-refractivity contribution >= 4 is 5.91 Å². The summed E-state index contributed by atoms with van der Waals surface area (Å²) in [5.41, 5.74) is 4.25. The van der Waals surface area contributed by atoms with E-state index in [0.29, 0.717) is 0 Å². The second-order valence-corrected chi connectivity index (χ2v) is 2.73. The predicted octanol–water partition coefficient (Wildman–Crippen LogP) is 0.189. The number of rotatable bonds is 2. The van der Waals surface area contributed by atoms with Crippen LogP contribution in [-0.2, 0) is 4.79 Å². The smallest absolute Gasteiger partial charge is 0.253 e. The number of carbonyl (C=O) groups excluding carboxylic acids is 1. The van der Waals surface area contributed by atoms with Crippen molar-refractivity contribution in [1.82, 2.24) is 0 Å². The molecule has 58 valence electrons. The van der Waals surface area contributed by atoms with Crippen molar-refractivity contribution in [2.45, 2.75) is 26.4 Å². The lowest BCUT2D eigenvalue weighted by Gasteiger charge is -2.14. The Bertz CT molecular complexity index is 166. The second-order valence-electron chi connectivity index (χ2n) is 2.73. The van der Waals surface area contributed by atoms with E-state index in [2.05, 4.69) is 0 Å². The Hall–Kier alpha value is -0.830. The van der Waals surface area contributed by atoms with E-state index in [9.17, 15) is 9.90 Å². The van der Waals surface area contributed by atoms with Crippen LogP contribution in [0.5, 0.6) is 0 Å². The predicted molar refractivity (Wildman–Crippen MR) is 39.2 cm³/mol. The van der Waals surface area contributed by atoms with E-state index in [1.807, 2.05) is 0 Å². The molecule has 0 aliphatic rings. The van der Waals surface area contributed by atoms with Crippen LogP contribution in [0.25, 0.3) is 0 Å². The first kappa shape index (κ1) is 9.17. The molecule has 0 aliphatic carbocycles. The average molecular weight is 143 g/mol. The molecule has 3 heteroatoms. The van der Waals surface area contributed by atoms with Crippen molar-refractivity contribution in [3.63, 3.8) is 0 Å². The normalized spacial score (nSPS) is 15.6. The molecule has 0 saturated carbocycles. The van der Waals surface area contributed by atoms with Crippen LogP contribution < -0.4 is 5.73 Å². The van der Waals surface area contributed by atoms with Gasteiger partial charge in [-0.25, -0.2) is 0 Å². The SMILES string of the molecule is CC(C)=CC(C)(O)C(N)=O. The lowest BCUT2D eigenvalue weighted by Crippen LogP contribution is -2.39. The van der Waals surface area contributed by atoms with Gasteiger partial charge in [0.05, 0.1) is 0 Å². The minimum absolute atomic E-state index is 0.728. The lowest BCUT2D eigenvalue weighted by molar-refractivity contribution is -0.130. The lowest BCUT2D eigenvalue weighted by atomic mass is 10.0. The number of hydrogen-bond donors (Lipinski definition) is 2. The highest BCUT2D eigenvalue weighted by Gasteiger charge is 2.23. The number of nitrogens with two attached hydrogens (primary N) is 1. The highest BCUT2D eigenvalue weighted by molar-refractivity contribution is 5.84. The van der Waals surface area contributed by atoms with Crippen molar-refractivity contribution in [2.75, 3.05) is 0 Å². The van der Waals surface area contributed by atoms with Crippen molar-refractivity contribution < 1.29 is 9.90 Å². The van der Waals surface area contributed by atoms with Crippen LogP contribution in [0.3, 0.4) is 0 Å². The van der Waals surface area contributed by atoms with Crippen LogP contribution in [0.2, 0.25) is 0 Å². The van der Waals surface area contributed by atoms with Crippen molar-refractivity contribution in [1.29, 1.82) is 0 Å².